The molecule has 4 nitrogen and oxygen atoms in total. The van der Waals surface area contributed by atoms with Gasteiger partial charge in [-0.2, -0.15) is 26.3 Å². The molecule has 2 rings (SSSR count). The van der Waals surface area contributed by atoms with Gasteiger partial charge in [0.05, 0.1) is 18.1 Å². The minimum atomic E-state index is -6.06. The fourth-order valence-electron chi connectivity index (χ4n) is 3.96. The summed E-state index contributed by atoms with van der Waals surface area (Å²) in [5.41, 5.74) is -5.14. The zero-order valence-corrected chi connectivity index (χ0v) is 15.4. The first kappa shape index (κ1) is 23.0. The van der Waals surface area contributed by atoms with E-state index in [4.69, 9.17) is 9.47 Å². The highest BCUT2D eigenvalue weighted by atomic mass is 19.4. The molecule has 28 heavy (non-hydrogen) atoms. The van der Waals surface area contributed by atoms with Gasteiger partial charge < -0.3 is 14.6 Å². The number of hydrogen-bond acceptors (Lipinski definition) is 4. The molecular weight excluding hydrogens is 394 g/mol. The molecule has 0 spiro atoms. The van der Waals surface area contributed by atoms with Gasteiger partial charge in [0.1, 0.15) is 0 Å². The molecular formula is C18H24F6O4. The number of esters is 1. The number of carbonyl (C=O) groups excluding carboxylic acids is 1. The van der Waals surface area contributed by atoms with E-state index in [1.807, 2.05) is 0 Å². The summed E-state index contributed by atoms with van der Waals surface area (Å²) >= 11 is 0. The molecule has 0 amide bonds. The van der Waals surface area contributed by atoms with Crippen molar-refractivity contribution >= 4 is 5.97 Å². The van der Waals surface area contributed by atoms with Crippen LogP contribution in [0.4, 0.5) is 26.3 Å². The van der Waals surface area contributed by atoms with Crippen molar-refractivity contribution in [2.45, 2.75) is 81.7 Å². The van der Waals surface area contributed by atoms with Crippen molar-refractivity contribution in [1.82, 2.24) is 0 Å². The Hall–Kier alpha value is -1.29. The monoisotopic (exact) mass is 418 g/mol. The number of alkyl halides is 6. The topological polar surface area (TPSA) is 55.8 Å². The zero-order valence-electron chi connectivity index (χ0n) is 15.4. The van der Waals surface area contributed by atoms with Crippen LogP contribution in [0.25, 0.3) is 0 Å². The van der Waals surface area contributed by atoms with Crippen molar-refractivity contribution in [3.05, 3.63) is 12.7 Å². The summed E-state index contributed by atoms with van der Waals surface area (Å²) in [4.78, 5) is 12.5. The summed E-state index contributed by atoms with van der Waals surface area (Å²) in [5, 5.41) is 9.88. The first-order valence-corrected chi connectivity index (χ1v) is 9.17. The fourth-order valence-corrected chi connectivity index (χ4v) is 3.96. The van der Waals surface area contributed by atoms with E-state index < -0.39 is 54.1 Å². The quantitative estimate of drug-likeness (QED) is 0.411. The van der Waals surface area contributed by atoms with Crippen molar-refractivity contribution in [3.8, 4) is 0 Å². The summed E-state index contributed by atoms with van der Waals surface area (Å²) in [6.45, 7) is 4.97. The summed E-state index contributed by atoms with van der Waals surface area (Å²) in [7, 11) is 0. The van der Waals surface area contributed by atoms with Gasteiger partial charge in [-0.1, -0.05) is 25.3 Å². The third-order valence-corrected chi connectivity index (χ3v) is 5.61. The van der Waals surface area contributed by atoms with Crippen molar-refractivity contribution in [1.29, 1.82) is 0 Å². The summed E-state index contributed by atoms with van der Waals surface area (Å²) < 4.78 is 90.7. The van der Waals surface area contributed by atoms with Crippen LogP contribution in [-0.4, -0.2) is 47.3 Å². The van der Waals surface area contributed by atoms with Crippen LogP contribution >= 0.6 is 0 Å². The van der Waals surface area contributed by atoms with Gasteiger partial charge in [0, 0.05) is 0 Å². The summed E-state index contributed by atoms with van der Waals surface area (Å²) in [5.74, 6) is -3.53. The Balaban J connectivity index is 2.36. The van der Waals surface area contributed by atoms with E-state index in [0.29, 0.717) is 19.3 Å². The van der Waals surface area contributed by atoms with E-state index in [1.54, 1.807) is 0 Å². The van der Waals surface area contributed by atoms with E-state index in [-0.39, 0.29) is 19.3 Å². The van der Waals surface area contributed by atoms with Gasteiger partial charge in [-0.05, 0) is 32.1 Å². The van der Waals surface area contributed by atoms with Crippen LogP contribution < -0.4 is 0 Å². The van der Waals surface area contributed by atoms with Gasteiger partial charge in [-0.25, -0.2) is 0 Å². The lowest BCUT2D eigenvalue weighted by Gasteiger charge is -2.42. The normalized spacial score (nSPS) is 28.8. The van der Waals surface area contributed by atoms with E-state index >= 15 is 0 Å². The Morgan fingerprint density at radius 3 is 2.11 bits per heavy atom. The van der Waals surface area contributed by atoms with Gasteiger partial charge in [0.2, 0.25) is 0 Å². The van der Waals surface area contributed by atoms with Crippen LogP contribution in [0.15, 0.2) is 12.7 Å². The van der Waals surface area contributed by atoms with Crippen LogP contribution in [-0.2, 0) is 14.3 Å². The molecule has 0 aromatic carbocycles. The smallest absolute Gasteiger partial charge is 0.430 e. The average molecular weight is 418 g/mol. The molecule has 1 saturated carbocycles. The molecule has 1 heterocycles. The second-order valence-corrected chi connectivity index (χ2v) is 7.48. The lowest BCUT2D eigenvalue weighted by atomic mass is 9.77. The maximum absolute atomic E-state index is 13.4. The Morgan fingerprint density at radius 1 is 1.14 bits per heavy atom. The minimum absolute atomic E-state index is 0.00157. The number of halogens is 6. The Labute approximate surface area is 158 Å². The molecule has 0 aromatic heterocycles. The molecule has 1 N–H and O–H groups in total. The fraction of sp³-hybridized carbons (Fsp3) is 0.833. The molecule has 10 heteroatoms. The highest BCUT2D eigenvalue weighted by Gasteiger charge is 2.76. The lowest BCUT2D eigenvalue weighted by molar-refractivity contribution is -0.396. The van der Waals surface area contributed by atoms with E-state index in [1.165, 1.54) is 13.0 Å². The second kappa shape index (κ2) is 8.22. The van der Waals surface area contributed by atoms with Gasteiger partial charge >= 0.3 is 18.3 Å². The highest BCUT2D eigenvalue weighted by molar-refractivity contribution is 5.74. The van der Waals surface area contributed by atoms with Gasteiger partial charge in [-0.3, -0.25) is 4.79 Å². The number of carbonyl (C=O) groups is 1. The van der Waals surface area contributed by atoms with Crippen LogP contribution in [0, 0.1) is 11.8 Å². The summed E-state index contributed by atoms with van der Waals surface area (Å²) in [6, 6.07) is 0. The van der Waals surface area contributed by atoms with Crippen molar-refractivity contribution in [2.24, 2.45) is 11.8 Å². The molecule has 1 aliphatic carbocycles. The third kappa shape index (κ3) is 4.32. The van der Waals surface area contributed by atoms with Crippen molar-refractivity contribution < 1.29 is 45.7 Å². The van der Waals surface area contributed by atoms with Crippen LogP contribution in [0.3, 0.4) is 0 Å². The van der Waals surface area contributed by atoms with Crippen molar-refractivity contribution in [2.75, 3.05) is 0 Å². The molecule has 2 fully saturated rings. The molecule has 4 unspecified atom stereocenters. The number of ether oxygens (including phenoxy) is 2. The van der Waals surface area contributed by atoms with Gasteiger partial charge in [0.15, 0.2) is 6.10 Å². The Morgan fingerprint density at radius 2 is 1.68 bits per heavy atom. The molecule has 0 aromatic rings. The van der Waals surface area contributed by atoms with Crippen LogP contribution in [0.1, 0.15) is 45.4 Å². The van der Waals surface area contributed by atoms with Crippen LogP contribution in [0.5, 0.6) is 0 Å². The predicted octanol–water partition coefficient (Wildman–Crippen LogP) is 4.31. The number of hydrogen-bond donors (Lipinski definition) is 1. The van der Waals surface area contributed by atoms with E-state index in [9.17, 15) is 36.2 Å². The minimum Gasteiger partial charge on any atom is -0.458 e. The van der Waals surface area contributed by atoms with Crippen LogP contribution in [0.2, 0.25) is 0 Å². The largest absolute Gasteiger partial charge is 0.458 e. The SMILES string of the molecule is C=CC1CC(C(=O)OC(C2CCCCC2)C(O)(C(F)(F)F)C(F)(F)F)C(C)O1. The number of rotatable bonds is 5. The molecule has 4 atom stereocenters. The first-order valence-electron chi connectivity index (χ1n) is 9.17. The Kier molecular flexibility index (Phi) is 6.75. The standard InChI is InChI=1S/C18H24F6O4/c1-3-12-9-13(10(2)27-12)15(25)28-14(11-7-5-4-6-8-11)16(26,17(19,20)21)18(22,23)24/h3,10-14,26H,1,4-9H2,2H3. The molecule has 1 saturated heterocycles. The Bertz CT molecular complexity index is 553. The van der Waals surface area contributed by atoms with E-state index in [2.05, 4.69) is 6.58 Å². The van der Waals surface area contributed by atoms with Crippen molar-refractivity contribution in [3.63, 3.8) is 0 Å². The predicted molar refractivity (Wildman–Crippen MR) is 86.2 cm³/mol. The maximum Gasteiger partial charge on any atom is 0.430 e. The number of aliphatic hydroxyl groups is 1. The average Bonchev–Trinajstić information content (AvgIpc) is 2.98. The molecule has 2 aliphatic rings. The second-order valence-electron chi connectivity index (χ2n) is 7.48. The third-order valence-electron chi connectivity index (χ3n) is 5.61. The van der Waals surface area contributed by atoms with E-state index in [0.717, 1.165) is 0 Å². The lowest BCUT2D eigenvalue weighted by Crippen LogP contribution is -2.67. The first-order chi connectivity index (χ1) is 12.8. The summed E-state index contributed by atoms with van der Waals surface area (Å²) in [6.07, 6.45) is -13.3. The molecule has 0 radical (unpaired) electrons. The van der Waals surface area contributed by atoms with Gasteiger partial charge in [0.25, 0.3) is 5.60 Å². The van der Waals surface area contributed by atoms with Gasteiger partial charge in [-0.15, -0.1) is 6.58 Å². The zero-order chi connectivity index (χ0) is 21.3. The highest BCUT2D eigenvalue weighted by Crippen LogP contribution is 2.50. The maximum atomic E-state index is 13.4. The molecule has 1 aliphatic heterocycles. The molecule has 0 bridgehead atoms. The molecule has 162 valence electrons.